The molecule has 0 unspecified atom stereocenters. The predicted molar refractivity (Wildman–Crippen MR) is 60.3 cm³/mol. The van der Waals surface area contributed by atoms with Gasteiger partial charge in [-0.05, 0) is 26.8 Å². The molecule has 0 aliphatic carbocycles. The monoisotopic (exact) mass is 193 g/mol. The molecule has 0 spiro atoms. The highest BCUT2D eigenvalue weighted by Gasteiger charge is 2.11. The molecule has 1 heterocycles. The summed E-state index contributed by atoms with van der Waals surface area (Å²) in [4.78, 5) is 6.41. The SMILES string of the molecule is CCN(c1ccncc1CN)C(C)C. The third-order valence-electron chi connectivity index (χ3n) is 2.37. The highest BCUT2D eigenvalue weighted by atomic mass is 15.1. The lowest BCUT2D eigenvalue weighted by Gasteiger charge is -2.29. The Morgan fingerprint density at radius 3 is 2.71 bits per heavy atom. The van der Waals surface area contributed by atoms with Crippen LogP contribution in [0.25, 0.3) is 0 Å². The highest BCUT2D eigenvalue weighted by Crippen LogP contribution is 2.20. The number of nitrogens with zero attached hydrogens (tertiary/aromatic N) is 2. The molecule has 0 saturated carbocycles. The summed E-state index contributed by atoms with van der Waals surface area (Å²) in [6.07, 6.45) is 3.67. The van der Waals surface area contributed by atoms with Gasteiger partial charge in [-0.15, -0.1) is 0 Å². The maximum atomic E-state index is 5.68. The number of aromatic nitrogens is 1. The third kappa shape index (κ3) is 2.23. The molecule has 0 radical (unpaired) electrons. The summed E-state index contributed by atoms with van der Waals surface area (Å²) in [6.45, 7) is 8.07. The van der Waals surface area contributed by atoms with E-state index in [1.165, 1.54) is 5.69 Å². The minimum atomic E-state index is 0.493. The molecule has 78 valence electrons. The normalized spacial score (nSPS) is 10.6. The molecule has 3 heteroatoms. The Morgan fingerprint density at radius 1 is 1.50 bits per heavy atom. The van der Waals surface area contributed by atoms with Crippen LogP contribution < -0.4 is 10.6 Å². The third-order valence-corrected chi connectivity index (χ3v) is 2.37. The van der Waals surface area contributed by atoms with Crippen LogP contribution in [0.15, 0.2) is 18.5 Å². The van der Waals surface area contributed by atoms with Crippen LogP contribution in [0.1, 0.15) is 26.3 Å². The smallest absolute Gasteiger partial charge is 0.0444 e. The molecular formula is C11H19N3. The van der Waals surface area contributed by atoms with Crippen molar-refractivity contribution in [2.45, 2.75) is 33.4 Å². The fraction of sp³-hybridized carbons (Fsp3) is 0.545. The lowest BCUT2D eigenvalue weighted by molar-refractivity contribution is 0.698. The van der Waals surface area contributed by atoms with Gasteiger partial charge in [-0.3, -0.25) is 4.98 Å². The fourth-order valence-corrected chi connectivity index (χ4v) is 1.67. The summed E-state index contributed by atoms with van der Waals surface area (Å²) in [7, 11) is 0. The van der Waals surface area contributed by atoms with Gasteiger partial charge in [0.1, 0.15) is 0 Å². The second-order valence-electron chi connectivity index (χ2n) is 3.59. The van der Waals surface area contributed by atoms with E-state index in [0.29, 0.717) is 12.6 Å². The van der Waals surface area contributed by atoms with E-state index >= 15 is 0 Å². The first kappa shape index (κ1) is 11.0. The molecule has 3 nitrogen and oxygen atoms in total. The lowest BCUT2D eigenvalue weighted by Crippen LogP contribution is -2.31. The molecule has 1 rings (SSSR count). The number of pyridine rings is 1. The van der Waals surface area contributed by atoms with Crippen LogP contribution in [0, 0.1) is 0 Å². The van der Waals surface area contributed by atoms with Crippen LogP contribution in [0.3, 0.4) is 0 Å². The molecule has 0 saturated heterocycles. The van der Waals surface area contributed by atoms with E-state index < -0.39 is 0 Å². The maximum Gasteiger partial charge on any atom is 0.0444 e. The van der Waals surface area contributed by atoms with E-state index in [1.807, 2.05) is 18.5 Å². The zero-order valence-electron chi connectivity index (χ0n) is 9.20. The van der Waals surface area contributed by atoms with Gasteiger partial charge in [0.25, 0.3) is 0 Å². The van der Waals surface area contributed by atoms with E-state index in [0.717, 1.165) is 12.1 Å². The van der Waals surface area contributed by atoms with Gasteiger partial charge in [-0.1, -0.05) is 0 Å². The number of hydrogen-bond donors (Lipinski definition) is 1. The zero-order chi connectivity index (χ0) is 10.6. The maximum absolute atomic E-state index is 5.68. The first-order valence-corrected chi connectivity index (χ1v) is 5.10. The number of anilines is 1. The Balaban J connectivity index is 3.02. The van der Waals surface area contributed by atoms with Crippen molar-refractivity contribution >= 4 is 5.69 Å². The van der Waals surface area contributed by atoms with Crippen molar-refractivity contribution in [3.05, 3.63) is 24.0 Å². The van der Waals surface area contributed by atoms with Gasteiger partial charge in [-0.2, -0.15) is 0 Å². The second kappa shape index (κ2) is 4.96. The minimum Gasteiger partial charge on any atom is -0.369 e. The van der Waals surface area contributed by atoms with E-state index in [1.54, 1.807) is 0 Å². The Kier molecular flexibility index (Phi) is 3.89. The summed E-state index contributed by atoms with van der Waals surface area (Å²) in [6, 6.07) is 2.53. The van der Waals surface area contributed by atoms with Crippen LogP contribution in [0.2, 0.25) is 0 Å². The van der Waals surface area contributed by atoms with E-state index in [2.05, 4.69) is 30.7 Å². The molecule has 0 amide bonds. The zero-order valence-corrected chi connectivity index (χ0v) is 9.20. The summed E-state index contributed by atoms with van der Waals surface area (Å²) in [5.41, 5.74) is 8.00. The van der Waals surface area contributed by atoms with Crippen LogP contribution >= 0.6 is 0 Å². The van der Waals surface area contributed by atoms with Gasteiger partial charge in [0.15, 0.2) is 0 Å². The van der Waals surface area contributed by atoms with Gasteiger partial charge in [-0.25, -0.2) is 0 Å². The van der Waals surface area contributed by atoms with Crippen molar-refractivity contribution in [1.82, 2.24) is 4.98 Å². The summed E-state index contributed by atoms with van der Waals surface area (Å²) >= 11 is 0. The van der Waals surface area contributed by atoms with E-state index in [-0.39, 0.29) is 0 Å². The highest BCUT2D eigenvalue weighted by molar-refractivity contribution is 5.52. The van der Waals surface area contributed by atoms with Gasteiger partial charge < -0.3 is 10.6 Å². The van der Waals surface area contributed by atoms with Crippen molar-refractivity contribution in [3.63, 3.8) is 0 Å². The second-order valence-corrected chi connectivity index (χ2v) is 3.59. The van der Waals surface area contributed by atoms with Crippen molar-refractivity contribution < 1.29 is 0 Å². The Labute approximate surface area is 85.9 Å². The molecule has 14 heavy (non-hydrogen) atoms. The minimum absolute atomic E-state index is 0.493. The molecule has 0 atom stereocenters. The van der Waals surface area contributed by atoms with Crippen molar-refractivity contribution in [2.24, 2.45) is 5.73 Å². The van der Waals surface area contributed by atoms with Crippen molar-refractivity contribution in [1.29, 1.82) is 0 Å². The summed E-state index contributed by atoms with van der Waals surface area (Å²) < 4.78 is 0. The van der Waals surface area contributed by atoms with E-state index in [9.17, 15) is 0 Å². The molecular weight excluding hydrogens is 174 g/mol. The largest absolute Gasteiger partial charge is 0.369 e. The molecule has 1 aromatic rings. The van der Waals surface area contributed by atoms with Crippen LogP contribution in [0.4, 0.5) is 5.69 Å². The first-order valence-electron chi connectivity index (χ1n) is 5.10. The number of nitrogens with two attached hydrogens (primary N) is 1. The molecule has 0 aliphatic rings. The first-order chi connectivity index (χ1) is 6.70. The number of rotatable bonds is 4. The average Bonchev–Trinajstić information content (AvgIpc) is 2.19. The van der Waals surface area contributed by atoms with Gasteiger partial charge >= 0.3 is 0 Å². The number of hydrogen-bond acceptors (Lipinski definition) is 3. The molecule has 1 aromatic heterocycles. The molecule has 2 N–H and O–H groups in total. The van der Waals surface area contributed by atoms with Crippen molar-refractivity contribution in [3.8, 4) is 0 Å². The topological polar surface area (TPSA) is 42.2 Å². The summed E-state index contributed by atoms with van der Waals surface area (Å²) in [5.74, 6) is 0. The van der Waals surface area contributed by atoms with Crippen LogP contribution in [-0.2, 0) is 6.54 Å². The Hall–Kier alpha value is -1.09. The Morgan fingerprint density at radius 2 is 2.21 bits per heavy atom. The molecule has 0 aliphatic heterocycles. The van der Waals surface area contributed by atoms with Crippen LogP contribution in [-0.4, -0.2) is 17.6 Å². The lowest BCUT2D eigenvalue weighted by atomic mass is 10.2. The predicted octanol–water partition coefficient (Wildman–Crippen LogP) is 1.77. The standard InChI is InChI=1S/C11H19N3/c1-4-14(9(2)3)11-5-6-13-8-10(11)7-12/h5-6,8-9H,4,7,12H2,1-3H3. The fourth-order valence-electron chi connectivity index (χ4n) is 1.67. The Bertz CT molecular complexity index is 284. The van der Waals surface area contributed by atoms with Gasteiger partial charge in [0, 0.05) is 42.8 Å². The molecule has 0 bridgehead atoms. The van der Waals surface area contributed by atoms with Crippen molar-refractivity contribution in [2.75, 3.05) is 11.4 Å². The summed E-state index contributed by atoms with van der Waals surface area (Å²) in [5, 5.41) is 0. The van der Waals surface area contributed by atoms with Crippen LogP contribution in [0.5, 0.6) is 0 Å². The van der Waals surface area contributed by atoms with Gasteiger partial charge in [0.05, 0.1) is 0 Å². The van der Waals surface area contributed by atoms with E-state index in [4.69, 9.17) is 5.73 Å². The average molecular weight is 193 g/mol. The van der Waals surface area contributed by atoms with Gasteiger partial charge in [0.2, 0.25) is 0 Å². The molecule has 0 aromatic carbocycles. The quantitative estimate of drug-likeness (QED) is 0.792. The molecule has 0 fully saturated rings.